The molecule has 172 valence electrons. The van der Waals surface area contributed by atoms with Crippen LogP contribution in [0.15, 0.2) is 128 Å². The molecular formula is C34H21N3. The molecule has 0 radical (unpaired) electrons. The van der Waals surface area contributed by atoms with Gasteiger partial charge in [0.05, 0.1) is 11.2 Å². The molecule has 0 unspecified atom stereocenters. The monoisotopic (exact) mass is 471 g/mol. The SMILES string of the molecule is c1ccc2c(c1)c(-c1ccc(-c3cn4ccccc4n3)cc1)cc1c3ccccc3c3ncccc3c21. The number of imidazole rings is 1. The van der Waals surface area contributed by atoms with Gasteiger partial charge >= 0.3 is 0 Å². The predicted molar refractivity (Wildman–Crippen MR) is 154 cm³/mol. The molecule has 37 heavy (non-hydrogen) atoms. The molecule has 3 nitrogen and oxygen atoms in total. The first-order chi connectivity index (χ1) is 18.3. The molecule has 3 heterocycles. The third kappa shape index (κ3) is 3.01. The van der Waals surface area contributed by atoms with E-state index in [4.69, 9.17) is 9.97 Å². The molecule has 0 saturated carbocycles. The Morgan fingerprint density at radius 1 is 0.541 bits per heavy atom. The van der Waals surface area contributed by atoms with Gasteiger partial charge in [-0.3, -0.25) is 4.98 Å². The highest BCUT2D eigenvalue weighted by atomic mass is 15.0. The van der Waals surface area contributed by atoms with Gasteiger partial charge in [0.15, 0.2) is 0 Å². The van der Waals surface area contributed by atoms with E-state index in [0.29, 0.717) is 0 Å². The maximum absolute atomic E-state index is 4.80. The van der Waals surface area contributed by atoms with E-state index in [-0.39, 0.29) is 0 Å². The quantitative estimate of drug-likeness (QED) is 0.236. The first-order valence-corrected chi connectivity index (χ1v) is 12.5. The molecule has 0 aliphatic heterocycles. The number of pyridine rings is 2. The number of fused-ring (bicyclic) bond motifs is 9. The molecule has 3 heteroatoms. The summed E-state index contributed by atoms with van der Waals surface area (Å²) in [6, 6.07) is 38.8. The van der Waals surface area contributed by atoms with Crippen LogP contribution in [0.25, 0.3) is 71.3 Å². The predicted octanol–water partition coefficient (Wildman–Crippen LogP) is 8.68. The van der Waals surface area contributed by atoms with Crippen LogP contribution in [0.2, 0.25) is 0 Å². The lowest BCUT2D eigenvalue weighted by Gasteiger charge is -2.15. The van der Waals surface area contributed by atoms with Crippen molar-refractivity contribution >= 4 is 48.9 Å². The van der Waals surface area contributed by atoms with E-state index in [0.717, 1.165) is 22.4 Å². The maximum atomic E-state index is 4.80. The Hall–Kier alpha value is -5.02. The lowest BCUT2D eigenvalue weighted by atomic mass is 9.88. The van der Waals surface area contributed by atoms with Crippen LogP contribution in [0, 0.1) is 0 Å². The van der Waals surface area contributed by atoms with E-state index in [1.54, 1.807) is 0 Å². The third-order valence-electron chi connectivity index (χ3n) is 7.45. The highest BCUT2D eigenvalue weighted by Gasteiger charge is 2.15. The molecule has 0 atom stereocenters. The van der Waals surface area contributed by atoms with Gasteiger partial charge in [-0.2, -0.15) is 0 Å². The summed E-state index contributed by atoms with van der Waals surface area (Å²) < 4.78 is 2.06. The molecule has 8 aromatic rings. The molecule has 0 N–H and O–H groups in total. The highest BCUT2D eigenvalue weighted by Crippen LogP contribution is 2.42. The number of rotatable bonds is 2. The lowest BCUT2D eigenvalue weighted by Crippen LogP contribution is -1.90. The van der Waals surface area contributed by atoms with Gasteiger partial charge in [-0.15, -0.1) is 0 Å². The van der Waals surface area contributed by atoms with E-state index in [1.807, 2.05) is 36.7 Å². The fraction of sp³-hybridized carbons (Fsp3) is 0. The molecule has 0 bridgehead atoms. The molecule has 0 aliphatic rings. The van der Waals surface area contributed by atoms with Crippen LogP contribution in [0.1, 0.15) is 0 Å². The van der Waals surface area contributed by atoms with E-state index in [2.05, 4.69) is 95.5 Å². The van der Waals surface area contributed by atoms with Crippen molar-refractivity contribution < 1.29 is 0 Å². The lowest BCUT2D eigenvalue weighted by molar-refractivity contribution is 1.19. The number of hydrogen-bond donors (Lipinski definition) is 0. The molecule has 0 amide bonds. The Morgan fingerprint density at radius 2 is 1.24 bits per heavy atom. The van der Waals surface area contributed by atoms with Gasteiger partial charge in [0.25, 0.3) is 0 Å². The van der Waals surface area contributed by atoms with Crippen LogP contribution >= 0.6 is 0 Å². The Balaban J connectivity index is 1.40. The average Bonchev–Trinajstić information content (AvgIpc) is 3.41. The van der Waals surface area contributed by atoms with Gasteiger partial charge in [-0.1, -0.05) is 84.9 Å². The minimum atomic E-state index is 0.954. The maximum Gasteiger partial charge on any atom is 0.137 e. The summed E-state index contributed by atoms with van der Waals surface area (Å²) in [5.41, 5.74) is 6.53. The molecule has 0 spiro atoms. The number of nitrogens with zero attached hydrogens (tertiary/aromatic N) is 3. The first kappa shape index (κ1) is 20.2. The van der Waals surface area contributed by atoms with Gasteiger partial charge in [0, 0.05) is 34.9 Å². The second-order valence-corrected chi connectivity index (χ2v) is 9.51. The van der Waals surface area contributed by atoms with E-state index >= 15 is 0 Å². The van der Waals surface area contributed by atoms with Crippen LogP contribution in [-0.4, -0.2) is 14.4 Å². The summed E-state index contributed by atoms with van der Waals surface area (Å²) in [4.78, 5) is 9.59. The summed E-state index contributed by atoms with van der Waals surface area (Å²) >= 11 is 0. The molecular weight excluding hydrogens is 450 g/mol. The van der Waals surface area contributed by atoms with E-state index in [9.17, 15) is 0 Å². The van der Waals surface area contributed by atoms with Crippen molar-refractivity contribution in [3.05, 3.63) is 128 Å². The van der Waals surface area contributed by atoms with Crippen LogP contribution in [0.4, 0.5) is 0 Å². The Labute approximate surface area is 213 Å². The smallest absolute Gasteiger partial charge is 0.137 e. The van der Waals surface area contributed by atoms with Crippen molar-refractivity contribution in [2.45, 2.75) is 0 Å². The summed E-state index contributed by atoms with van der Waals surface area (Å²) in [5.74, 6) is 0. The van der Waals surface area contributed by atoms with Crippen molar-refractivity contribution in [1.82, 2.24) is 14.4 Å². The average molecular weight is 472 g/mol. The van der Waals surface area contributed by atoms with E-state index < -0.39 is 0 Å². The standard InChI is InChI=1S/C34H21N3/c1-3-10-26-24(8-1)29(22-14-16-23(17-15-22)31-21-37-19-6-5-13-32(37)36-31)20-30-25-9-2-4-11-27(25)34-28(33(26)30)12-7-18-35-34/h1-21H. The van der Waals surface area contributed by atoms with Crippen LogP contribution in [0.3, 0.4) is 0 Å². The van der Waals surface area contributed by atoms with Gasteiger partial charge in [0.2, 0.25) is 0 Å². The second kappa shape index (κ2) is 7.74. The van der Waals surface area contributed by atoms with Crippen molar-refractivity contribution in [2.75, 3.05) is 0 Å². The molecule has 0 aliphatic carbocycles. The van der Waals surface area contributed by atoms with Gasteiger partial charge in [-0.25, -0.2) is 4.98 Å². The van der Waals surface area contributed by atoms with Crippen LogP contribution < -0.4 is 0 Å². The minimum Gasteiger partial charge on any atom is -0.306 e. The molecule has 5 aromatic carbocycles. The van der Waals surface area contributed by atoms with Gasteiger partial charge in [-0.05, 0) is 62.3 Å². The Morgan fingerprint density at radius 3 is 2.08 bits per heavy atom. The Bertz CT molecular complexity index is 2100. The second-order valence-electron chi connectivity index (χ2n) is 9.51. The largest absolute Gasteiger partial charge is 0.306 e. The summed E-state index contributed by atoms with van der Waals surface area (Å²) in [7, 11) is 0. The molecule has 3 aromatic heterocycles. The highest BCUT2D eigenvalue weighted by molar-refractivity contribution is 6.32. The van der Waals surface area contributed by atoms with Crippen molar-refractivity contribution in [3.8, 4) is 22.4 Å². The topological polar surface area (TPSA) is 30.2 Å². The fourth-order valence-corrected chi connectivity index (χ4v) is 5.76. The first-order valence-electron chi connectivity index (χ1n) is 12.5. The van der Waals surface area contributed by atoms with Gasteiger partial charge in [0.1, 0.15) is 5.65 Å². The minimum absolute atomic E-state index is 0.954. The molecule has 0 fully saturated rings. The van der Waals surface area contributed by atoms with Crippen molar-refractivity contribution in [2.24, 2.45) is 0 Å². The van der Waals surface area contributed by atoms with E-state index in [1.165, 1.54) is 48.8 Å². The number of benzene rings is 5. The zero-order valence-electron chi connectivity index (χ0n) is 20.0. The molecule has 0 saturated heterocycles. The Kier molecular flexibility index (Phi) is 4.23. The third-order valence-corrected chi connectivity index (χ3v) is 7.45. The normalized spacial score (nSPS) is 11.8. The van der Waals surface area contributed by atoms with Crippen LogP contribution in [0.5, 0.6) is 0 Å². The van der Waals surface area contributed by atoms with Crippen molar-refractivity contribution in [1.29, 1.82) is 0 Å². The summed E-state index contributed by atoms with van der Waals surface area (Å²) in [5, 5.41) is 8.64. The van der Waals surface area contributed by atoms with Gasteiger partial charge < -0.3 is 4.40 Å². The summed E-state index contributed by atoms with van der Waals surface area (Å²) in [6.45, 7) is 0. The van der Waals surface area contributed by atoms with Crippen LogP contribution in [-0.2, 0) is 0 Å². The zero-order chi connectivity index (χ0) is 24.3. The number of aromatic nitrogens is 3. The zero-order valence-corrected chi connectivity index (χ0v) is 20.0. The summed E-state index contributed by atoms with van der Waals surface area (Å²) in [6.07, 6.45) is 6.01. The fourth-order valence-electron chi connectivity index (χ4n) is 5.76. The number of hydrogen-bond acceptors (Lipinski definition) is 2. The van der Waals surface area contributed by atoms with Crippen molar-refractivity contribution in [3.63, 3.8) is 0 Å². The molecule has 8 rings (SSSR count).